The molecule has 0 aliphatic rings. The van der Waals surface area contributed by atoms with E-state index in [-0.39, 0.29) is 12.2 Å². The number of alkyl halides is 6. The van der Waals surface area contributed by atoms with Crippen LogP contribution in [0, 0.1) is 0 Å². The van der Waals surface area contributed by atoms with Crippen LogP contribution in [0.15, 0.2) is 24.3 Å². The maximum absolute atomic E-state index is 12.9. The highest BCUT2D eigenvalue weighted by Gasteiger charge is 2.71. The first-order valence-electron chi connectivity index (χ1n) is 8.08. The van der Waals surface area contributed by atoms with Crippen molar-refractivity contribution in [2.75, 3.05) is 11.4 Å². The third-order valence-electron chi connectivity index (χ3n) is 3.92. The van der Waals surface area contributed by atoms with Gasteiger partial charge in [-0.3, -0.25) is 4.79 Å². The molecule has 4 nitrogen and oxygen atoms in total. The molecule has 0 spiro atoms. The van der Waals surface area contributed by atoms with Gasteiger partial charge in [0.15, 0.2) is 0 Å². The summed E-state index contributed by atoms with van der Waals surface area (Å²) in [5.74, 6) is -0.759. The molecule has 2 N–H and O–H groups in total. The number of hydrogen-bond donors (Lipinski definition) is 2. The summed E-state index contributed by atoms with van der Waals surface area (Å²) in [5, 5.41) is 19.3. The number of carbonyl (C=O) groups excluding carboxylic acids is 1. The van der Waals surface area contributed by atoms with E-state index in [9.17, 15) is 41.4 Å². The minimum Gasteiger partial charge on any atom is -0.381 e. The van der Waals surface area contributed by atoms with E-state index < -0.39 is 35.0 Å². The van der Waals surface area contributed by atoms with Gasteiger partial charge in [-0.2, -0.15) is 26.3 Å². The number of benzene rings is 1. The van der Waals surface area contributed by atoms with Crippen LogP contribution in [0.1, 0.15) is 39.2 Å². The quantitative estimate of drug-likeness (QED) is 0.711. The molecular weight excluding hydrogens is 380 g/mol. The Morgan fingerprint density at radius 3 is 1.74 bits per heavy atom. The number of nitrogens with zero attached hydrogens (tertiary/aromatic N) is 1. The summed E-state index contributed by atoms with van der Waals surface area (Å²) in [6, 6.07) is 2.67. The van der Waals surface area contributed by atoms with E-state index in [2.05, 4.69) is 0 Å². The molecule has 10 heteroatoms. The van der Waals surface area contributed by atoms with Gasteiger partial charge in [0.1, 0.15) is 5.60 Å². The highest BCUT2D eigenvalue weighted by atomic mass is 19.4. The van der Waals surface area contributed by atoms with Crippen molar-refractivity contribution < 1.29 is 41.4 Å². The molecule has 0 aliphatic heterocycles. The molecule has 0 bridgehead atoms. The third-order valence-corrected chi connectivity index (χ3v) is 3.92. The van der Waals surface area contributed by atoms with E-state index in [0.29, 0.717) is 25.0 Å². The number of carbonyl (C=O) groups is 1. The predicted molar refractivity (Wildman–Crippen MR) is 86.0 cm³/mol. The lowest BCUT2D eigenvalue weighted by molar-refractivity contribution is -0.376. The van der Waals surface area contributed by atoms with Crippen LogP contribution in [0.25, 0.3) is 0 Å². The van der Waals surface area contributed by atoms with Gasteiger partial charge in [-0.05, 0) is 32.4 Å². The average Bonchev–Trinajstić information content (AvgIpc) is 2.51. The minimum atomic E-state index is -5.99. The van der Waals surface area contributed by atoms with E-state index in [1.807, 2.05) is 6.92 Å². The maximum Gasteiger partial charge on any atom is 0.430 e. The van der Waals surface area contributed by atoms with Gasteiger partial charge < -0.3 is 15.1 Å². The molecule has 0 aromatic heterocycles. The number of hydrogen-bond acceptors (Lipinski definition) is 3. The standard InChI is InChI=1S/C17H21F6NO3/c1-4-5-10-24(13(25)14(2,3)26)12-8-6-11(7-9-12)15(27,16(18,19)20)17(21,22)23/h6-9,26-27H,4-5,10H2,1-3H3. The molecule has 0 fully saturated rings. The number of aliphatic hydroxyl groups is 2. The van der Waals surface area contributed by atoms with Gasteiger partial charge in [-0.15, -0.1) is 0 Å². The first-order valence-corrected chi connectivity index (χ1v) is 8.08. The summed E-state index contributed by atoms with van der Waals surface area (Å²) in [4.78, 5) is 13.4. The first-order chi connectivity index (χ1) is 12.1. The Bertz CT molecular complexity index is 633. The second-order valence-corrected chi connectivity index (χ2v) is 6.62. The average molecular weight is 401 g/mol. The summed E-state index contributed by atoms with van der Waals surface area (Å²) >= 11 is 0. The van der Waals surface area contributed by atoms with Gasteiger partial charge in [0.2, 0.25) is 0 Å². The SMILES string of the molecule is CCCCN(C(=O)C(C)(C)O)c1ccc(C(O)(C(F)(F)F)C(F)(F)F)cc1. The fraction of sp³-hybridized carbons (Fsp3) is 0.588. The smallest absolute Gasteiger partial charge is 0.381 e. The maximum atomic E-state index is 12.9. The van der Waals surface area contributed by atoms with E-state index in [4.69, 9.17) is 0 Å². The molecule has 1 aromatic carbocycles. The molecule has 1 amide bonds. The van der Waals surface area contributed by atoms with E-state index in [1.165, 1.54) is 13.8 Å². The van der Waals surface area contributed by atoms with Crippen LogP contribution >= 0.6 is 0 Å². The Hall–Kier alpha value is -1.81. The van der Waals surface area contributed by atoms with Gasteiger partial charge in [-0.25, -0.2) is 0 Å². The summed E-state index contributed by atoms with van der Waals surface area (Å²) in [5.41, 5.74) is -8.23. The second kappa shape index (κ2) is 7.67. The number of unbranched alkanes of at least 4 members (excludes halogenated alkanes) is 1. The minimum absolute atomic E-state index is 0.00558. The zero-order valence-corrected chi connectivity index (χ0v) is 14.9. The van der Waals surface area contributed by atoms with Crippen molar-refractivity contribution in [3.8, 4) is 0 Å². The number of rotatable bonds is 6. The largest absolute Gasteiger partial charge is 0.430 e. The van der Waals surface area contributed by atoms with Crippen molar-refractivity contribution in [1.82, 2.24) is 0 Å². The molecule has 0 atom stereocenters. The Labute approximate surface area is 152 Å². The van der Waals surface area contributed by atoms with Crippen LogP contribution in [0.4, 0.5) is 32.0 Å². The van der Waals surface area contributed by atoms with Crippen molar-refractivity contribution in [1.29, 1.82) is 0 Å². The van der Waals surface area contributed by atoms with Crippen LogP contribution in [0.2, 0.25) is 0 Å². The normalized spacial score (nSPS) is 13.6. The molecule has 0 unspecified atom stereocenters. The van der Waals surface area contributed by atoms with Gasteiger partial charge in [-0.1, -0.05) is 25.5 Å². The highest BCUT2D eigenvalue weighted by molar-refractivity contribution is 5.98. The summed E-state index contributed by atoms with van der Waals surface area (Å²) in [6.45, 7) is 4.37. The molecule has 154 valence electrons. The number of halogens is 6. The monoisotopic (exact) mass is 401 g/mol. The lowest BCUT2D eigenvalue weighted by Crippen LogP contribution is -2.53. The Kier molecular flexibility index (Phi) is 6.60. The fourth-order valence-corrected chi connectivity index (χ4v) is 2.37. The van der Waals surface area contributed by atoms with Crippen molar-refractivity contribution >= 4 is 11.6 Å². The van der Waals surface area contributed by atoms with Crippen LogP contribution in [0.3, 0.4) is 0 Å². The predicted octanol–water partition coefficient (Wildman–Crippen LogP) is 3.90. The Morgan fingerprint density at radius 2 is 1.41 bits per heavy atom. The molecular formula is C17H21F6NO3. The highest BCUT2D eigenvalue weighted by Crippen LogP contribution is 2.50. The second-order valence-electron chi connectivity index (χ2n) is 6.62. The lowest BCUT2D eigenvalue weighted by atomic mass is 9.92. The van der Waals surface area contributed by atoms with Crippen LogP contribution < -0.4 is 4.90 Å². The number of amides is 1. The van der Waals surface area contributed by atoms with E-state index in [0.717, 1.165) is 17.0 Å². The topological polar surface area (TPSA) is 60.8 Å². The van der Waals surface area contributed by atoms with Crippen molar-refractivity contribution in [3.63, 3.8) is 0 Å². The van der Waals surface area contributed by atoms with Crippen LogP contribution in [-0.2, 0) is 10.4 Å². The summed E-state index contributed by atoms with van der Waals surface area (Å²) < 4.78 is 77.6. The zero-order valence-electron chi connectivity index (χ0n) is 14.9. The van der Waals surface area contributed by atoms with Gasteiger partial charge >= 0.3 is 12.4 Å². The molecule has 0 heterocycles. The van der Waals surface area contributed by atoms with Crippen LogP contribution in [-0.4, -0.2) is 40.6 Å². The molecule has 0 saturated heterocycles. The molecule has 0 saturated carbocycles. The Morgan fingerprint density at radius 1 is 0.963 bits per heavy atom. The first kappa shape index (κ1) is 23.2. The Balaban J connectivity index is 3.37. The lowest BCUT2D eigenvalue weighted by Gasteiger charge is -2.33. The molecule has 0 radical (unpaired) electrons. The van der Waals surface area contributed by atoms with Gasteiger partial charge in [0.25, 0.3) is 11.5 Å². The van der Waals surface area contributed by atoms with Crippen molar-refractivity contribution in [3.05, 3.63) is 29.8 Å². The molecule has 1 rings (SSSR count). The van der Waals surface area contributed by atoms with Crippen molar-refractivity contribution in [2.45, 2.75) is 57.2 Å². The van der Waals surface area contributed by atoms with E-state index in [1.54, 1.807) is 0 Å². The molecule has 27 heavy (non-hydrogen) atoms. The number of anilines is 1. The third kappa shape index (κ3) is 4.73. The zero-order chi connectivity index (χ0) is 21.3. The summed E-state index contributed by atoms with van der Waals surface area (Å²) in [6.07, 6.45) is -10.8. The molecule has 0 aliphatic carbocycles. The van der Waals surface area contributed by atoms with E-state index >= 15 is 0 Å². The molecule has 1 aromatic rings. The van der Waals surface area contributed by atoms with Gasteiger partial charge in [0, 0.05) is 17.8 Å². The fourth-order valence-electron chi connectivity index (χ4n) is 2.37. The van der Waals surface area contributed by atoms with Crippen LogP contribution in [0.5, 0.6) is 0 Å². The van der Waals surface area contributed by atoms with Crippen molar-refractivity contribution in [2.24, 2.45) is 0 Å². The summed E-state index contributed by atoms with van der Waals surface area (Å²) in [7, 11) is 0. The van der Waals surface area contributed by atoms with Gasteiger partial charge in [0.05, 0.1) is 0 Å².